The molecule has 1 aromatic rings. The quantitative estimate of drug-likeness (QED) is 0.825. The molecule has 0 saturated carbocycles. The Morgan fingerprint density at radius 2 is 2.38 bits per heavy atom. The fraction of sp³-hybridized carbons (Fsp3) is 0.583. The van der Waals surface area contributed by atoms with E-state index in [1.54, 1.807) is 6.20 Å². The largest absolute Gasteiger partial charge is 0.380 e. The molecule has 1 N–H and O–H groups in total. The molecule has 2 atom stereocenters. The molecule has 1 aliphatic heterocycles. The van der Waals surface area contributed by atoms with Gasteiger partial charge in [-0.3, -0.25) is 0 Å². The second kappa shape index (κ2) is 5.02. The number of aromatic nitrogens is 1. The van der Waals surface area contributed by atoms with Gasteiger partial charge < -0.3 is 10.1 Å². The van der Waals surface area contributed by atoms with Crippen molar-refractivity contribution in [1.82, 2.24) is 4.98 Å². The van der Waals surface area contributed by atoms with Crippen molar-refractivity contribution in [2.45, 2.75) is 38.9 Å². The van der Waals surface area contributed by atoms with Gasteiger partial charge in [-0.1, -0.05) is 11.6 Å². The highest BCUT2D eigenvalue weighted by molar-refractivity contribution is 6.31. The summed E-state index contributed by atoms with van der Waals surface area (Å²) in [5.41, 5.74) is 2.00. The molecular formula is C12H17ClN2O. The van der Waals surface area contributed by atoms with E-state index in [9.17, 15) is 0 Å². The zero-order chi connectivity index (χ0) is 11.5. The molecule has 1 saturated heterocycles. The van der Waals surface area contributed by atoms with Gasteiger partial charge in [0.15, 0.2) is 5.15 Å². The van der Waals surface area contributed by atoms with Crippen molar-refractivity contribution in [2.75, 3.05) is 11.9 Å². The summed E-state index contributed by atoms with van der Waals surface area (Å²) >= 11 is 6.00. The van der Waals surface area contributed by atoms with E-state index in [1.807, 2.05) is 13.0 Å². The molecule has 0 radical (unpaired) electrons. The van der Waals surface area contributed by atoms with Gasteiger partial charge in [-0.05, 0) is 38.3 Å². The lowest BCUT2D eigenvalue weighted by atomic mass is 10.2. The molecule has 3 nitrogen and oxygen atoms in total. The number of nitrogens with one attached hydrogen (secondary N) is 1. The second-order valence-corrected chi connectivity index (χ2v) is 4.74. The highest BCUT2D eigenvalue weighted by atomic mass is 35.5. The normalized spacial score (nSPS) is 24.7. The summed E-state index contributed by atoms with van der Waals surface area (Å²) in [6.45, 7) is 4.92. The third-order valence-electron chi connectivity index (χ3n) is 2.82. The molecule has 0 amide bonds. The van der Waals surface area contributed by atoms with Crippen LogP contribution in [0.1, 0.15) is 25.3 Å². The Bertz CT molecular complexity index is 370. The summed E-state index contributed by atoms with van der Waals surface area (Å²) in [6.07, 6.45) is 4.71. The van der Waals surface area contributed by atoms with Crippen LogP contribution in [0.2, 0.25) is 5.15 Å². The summed E-state index contributed by atoms with van der Waals surface area (Å²) in [5, 5.41) is 3.82. The van der Waals surface area contributed by atoms with E-state index in [0.29, 0.717) is 17.4 Å². The van der Waals surface area contributed by atoms with Crippen molar-refractivity contribution in [3.63, 3.8) is 0 Å². The van der Waals surface area contributed by atoms with Crippen LogP contribution in [0.15, 0.2) is 12.3 Å². The standard InChI is InChI=1S/C12H17ClN2O/c1-8-5-11(12(13)15-6-8)14-7-10-4-3-9(2)16-10/h5-6,9-10,14H,3-4,7H2,1-2H3. The molecule has 1 fully saturated rings. The molecule has 2 heterocycles. The molecule has 0 aromatic carbocycles. The van der Waals surface area contributed by atoms with Gasteiger partial charge in [0.25, 0.3) is 0 Å². The summed E-state index contributed by atoms with van der Waals surface area (Å²) in [6, 6.07) is 2.01. The number of anilines is 1. The Morgan fingerprint density at radius 1 is 1.56 bits per heavy atom. The van der Waals surface area contributed by atoms with Gasteiger partial charge in [0.05, 0.1) is 17.9 Å². The maximum atomic E-state index is 6.00. The van der Waals surface area contributed by atoms with Crippen molar-refractivity contribution >= 4 is 17.3 Å². The van der Waals surface area contributed by atoms with Gasteiger partial charge in [-0.15, -0.1) is 0 Å². The molecule has 88 valence electrons. The predicted octanol–water partition coefficient (Wildman–Crippen LogP) is 3.02. The predicted molar refractivity (Wildman–Crippen MR) is 66.0 cm³/mol. The van der Waals surface area contributed by atoms with Gasteiger partial charge in [0.1, 0.15) is 0 Å². The molecule has 1 aliphatic rings. The highest BCUT2D eigenvalue weighted by Gasteiger charge is 2.21. The van der Waals surface area contributed by atoms with E-state index >= 15 is 0 Å². The van der Waals surface area contributed by atoms with E-state index in [1.165, 1.54) is 0 Å². The van der Waals surface area contributed by atoms with Gasteiger partial charge in [-0.25, -0.2) is 4.98 Å². The van der Waals surface area contributed by atoms with Crippen LogP contribution >= 0.6 is 11.6 Å². The summed E-state index contributed by atoms with van der Waals surface area (Å²) in [5.74, 6) is 0. The summed E-state index contributed by atoms with van der Waals surface area (Å²) in [7, 11) is 0. The first-order valence-corrected chi connectivity index (χ1v) is 6.04. The minimum absolute atomic E-state index is 0.298. The van der Waals surface area contributed by atoms with E-state index in [4.69, 9.17) is 16.3 Å². The first-order chi connectivity index (χ1) is 7.65. The molecule has 0 bridgehead atoms. The van der Waals surface area contributed by atoms with Crippen LogP contribution in [-0.2, 0) is 4.74 Å². The third-order valence-corrected chi connectivity index (χ3v) is 3.12. The number of halogens is 1. The maximum absolute atomic E-state index is 6.00. The molecule has 16 heavy (non-hydrogen) atoms. The number of rotatable bonds is 3. The number of hydrogen-bond donors (Lipinski definition) is 1. The smallest absolute Gasteiger partial charge is 0.152 e. The van der Waals surface area contributed by atoms with E-state index < -0.39 is 0 Å². The molecule has 2 unspecified atom stereocenters. The minimum Gasteiger partial charge on any atom is -0.380 e. The van der Waals surface area contributed by atoms with Gasteiger partial charge in [0.2, 0.25) is 0 Å². The molecule has 0 aliphatic carbocycles. The Kier molecular flexibility index (Phi) is 3.66. The van der Waals surface area contributed by atoms with Crippen LogP contribution in [-0.4, -0.2) is 23.7 Å². The average molecular weight is 241 g/mol. The van der Waals surface area contributed by atoms with Crippen LogP contribution in [0.25, 0.3) is 0 Å². The first-order valence-electron chi connectivity index (χ1n) is 5.66. The number of aryl methyl sites for hydroxylation is 1. The van der Waals surface area contributed by atoms with E-state index in [2.05, 4.69) is 17.2 Å². The van der Waals surface area contributed by atoms with Crippen LogP contribution in [0.4, 0.5) is 5.69 Å². The van der Waals surface area contributed by atoms with Crippen molar-refractivity contribution < 1.29 is 4.74 Å². The van der Waals surface area contributed by atoms with Crippen molar-refractivity contribution in [3.8, 4) is 0 Å². The van der Waals surface area contributed by atoms with Crippen molar-refractivity contribution in [1.29, 1.82) is 0 Å². The Balaban J connectivity index is 1.91. The SMILES string of the molecule is Cc1cnc(Cl)c(NCC2CCC(C)O2)c1. The van der Waals surface area contributed by atoms with Crippen LogP contribution < -0.4 is 5.32 Å². The lowest BCUT2D eigenvalue weighted by Gasteiger charge is -2.14. The summed E-state index contributed by atoms with van der Waals surface area (Å²) in [4.78, 5) is 4.10. The lowest BCUT2D eigenvalue weighted by Crippen LogP contribution is -2.20. The highest BCUT2D eigenvalue weighted by Crippen LogP contribution is 2.22. The van der Waals surface area contributed by atoms with Gasteiger partial charge in [-0.2, -0.15) is 0 Å². The minimum atomic E-state index is 0.298. The fourth-order valence-electron chi connectivity index (χ4n) is 1.94. The van der Waals surface area contributed by atoms with Crippen molar-refractivity contribution in [2.24, 2.45) is 0 Å². The molecular weight excluding hydrogens is 224 g/mol. The van der Waals surface area contributed by atoms with Gasteiger partial charge >= 0.3 is 0 Å². The van der Waals surface area contributed by atoms with Gasteiger partial charge in [0, 0.05) is 12.7 Å². The first kappa shape index (κ1) is 11.7. The second-order valence-electron chi connectivity index (χ2n) is 4.38. The molecule has 2 rings (SSSR count). The third kappa shape index (κ3) is 2.86. The number of nitrogens with zero attached hydrogens (tertiary/aromatic N) is 1. The van der Waals surface area contributed by atoms with Crippen LogP contribution in [0.5, 0.6) is 0 Å². The topological polar surface area (TPSA) is 34.2 Å². The van der Waals surface area contributed by atoms with E-state index in [0.717, 1.165) is 30.6 Å². The Labute approximate surface area is 101 Å². The number of hydrogen-bond acceptors (Lipinski definition) is 3. The fourth-order valence-corrected chi connectivity index (χ4v) is 2.11. The Morgan fingerprint density at radius 3 is 3.06 bits per heavy atom. The number of pyridine rings is 1. The van der Waals surface area contributed by atoms with Crippen LogP contribution in [0.3, 0.4) is 0 Å². The molecule has 0 spiro atoms. The Hall–Kier alpha value is -0.800. The maximum Gasteiger partial charge on any atom is 0.152 e. The molecule has 4 heteroatoms. The van der Waals surface area contributed by atoms with Crippen molar-refractivity contribution in [3.05, 3.63) is 23.0 Å². The van der Waals surface area contributed by atoms with E-state index in [-0.39, 0.29) is 0 Å². The number of ether oxygens (including phenoxy) is 1. The molecule has 1 aromatic heterocycles. The monoisotopic (exact) mass is 240 g/mol. The average Bonchev–Trinajstić information content (AvgIpc) is 2.66. The zero-order valence-electron chi connectivity index (χ0n) is 9.66. The zero-order valence-corrected chi connectivity index (χ0v) is 10.4. The summed E-state index contributed by atoms with van der Waals surface area (Å²) < 4.78 is 5.73. The van der Waals surface area contributed by atoms with Crippen LogP contribution in [0, 0.1) is 6.92 Å². The lowest BCUT2D eigenvalue weighted by molar-refractivity contribution is 0.0637.